The molecule has 0 fully saturated rings. The number of nitrogens with two attached hydrogens (primary N) is 1. The minimum atomic E-state index is -3.15. The lowest BCUT2D eigenvalue weighted by atomic mass is 10.3. The van der Waals surface area contributed by atoms with Crippen LogP contribution in [0, 0.1) is 0 Å². The second-order valence-corrected chi connectivity index (χ2v) is 7.39. The van der Waals surface area contributed by atoms with Crippen molar-refractivity contribution in [1.82, 2.24) is 4.72 Å². The van der Waals surface area contributed by atoms with Gasteiger partial charge in [-0.3, -0.25) is 0 Å². The molecule has 4 nitrogen and oxygen atoms in total. The molecule has 0 radical (unpaired) electrons. The highest BCUT2D eigenvalue weighted by atomic mass is 35.5. The third-order valence-corrected chi connectivity index (χ3v) is 4.95. The topological polar surface area (TPSA) is 72.2 Å². The van der Waals surface area contributed by atoms with Crippen molar-refractivity contribution in [2.24, 2.45) is 5.73 Å². The summed E-state index contributed by atoms with van der Waals surface area (Å²) in [5.74, 6) is 0.148. The van der Waals surface area contributed by atoms with Crippen molar-refractivity contribution < 1.29 is 8.42 Å². The fourth-order valence-corrected chi connectivity index (χ4v) is 3.55. The zero-order valence-corrected chi connectivity index (χ0v) is 11.9. The van der Waals surface area contributed by atoms with Gasteiger partial charge in [-0.15, -0.1) is 11.3 Å². The molecule has 98 valence electrons. The lowest BCUT2D eigenvalue weighted by Crippen LogP contribution is -2.28. The van der Waals surface area contributed by atoms with Crippen molar-refractivity contribution in [1.29, 1.82) is 0 Å². The van der Waals surface area contributed by atoms with Crippen molar-refractivity contribution in [2.45, 2.75) is 19.3 Å². The molecule has 1 aromatic rings. The van der Waals surface area contributed by atoms with E-state index in [1.54, 1.807) is 0 Å². The van der Waals surface area contributed by atoms with E-state index in [0.29, 0.717) is 25.9 Å². The van der Waals surface area contributed by atoms with Crippen LogP contribution in [-0.2, 0) is 16.4 Å². The number of nitrogens with one attached hydrogen (secondary N) is 1. The molecule has 0 aliphatic carbocycles. The number of thiophene rings is 1. The second kappa shape index (κ2) is 7.33. The molecule has 3 N–H and O–H groups in total. The first-order chi connectivity index (χ1) is 8.03. The maximum Gasteiger partial charge on any atom is 0.211 e. The summed E-state index contributed by atoms with van der Waals surface area (Å²) in [4.78, 5) is 1.08. The molecule has 7 heteroatoms. The minimum Gasteiger partial charge on any atom is -0.330 e. The van der Waals surface area contributed by atoms with Crippen LogP contribution in [0.25, 0.3) is 0 Å². The second-order valence-electron chi connectivity index (χ2n) is 3.66. The minimum absolute atomic E-state index is 0.148. The number of hydrogen-bond acceptors (Lipinski definition) is 4. The summed E-state index contributed by atoms with van der Waals surface area (Å²) in [6, 6.07) is 3.73. The Kier molecular flexibility index (Phi) is 6.43. The van der Waals surface area contributed by atoms with E-state index in [9.17, 15) is 8.42 Å². The van der Waals surface area contributed by atoms with E-state index in [-0.39, 0.29) is 5.75 Å². The van der Waals surface area contributed by atoms with E-state index in [2.05, 4.69) is 4.72 Å². The van der Waals surface area contributed by atoms with Crippen molar-refractivity contribution in [2.75, 3.05) is 18.8 Å². The van der Waals surface area contributed by atoms with Crippen LogP contribution in [-0.4, -0.2) is 27.3 Å². The average molecular weight is 297 g/mol. The molecular formula is C10H17ClN2O2S2. The zero-order chi connectivity index (χ0) is 12.7. The number of halogens is 1. The van der Waals surface area contributed by atoms with Gasteiger partial charge in [0.25, 0.3) is 0 Å². The highest BCUT2D eigenvalue weighted by Crippen LogP contribution is 2.21. The summed E-state index contributed by atoms with van der Waals surface area (Å²) in [6.45, 7) is 0.949. The standard InChI is InChI=1S/C10H17ClN2O2S2/c11-10-4-3-9(16-10)5-7-13-17(14,15)8-2-1-6-12/h3-4,13H,1-2,5-8,12H2. The van der Waals surface area contributed by atoms with Crippen LogP contribution in [0.4, 0.5) is 0 Å². The Hall–Kier alpha value is -0.140. The van der Waals surface area contributed by atoms with Gasteiger partial charge in [-0.2, -0.15) is 0 Å². The van der Waals surface area contributed by atoms with Gasteiger partial charge in [-0.1, -0.05) is 11.6 Å². The predicted molar refractivity (Wildman–Crippen MR) is 73.1 cm³/mol. The van der Waals surface area contributed by atoms with Gasteiger partial charge in [0, 0.05) is 11.4 Å². The maximum atomic E-state index is 11.5. The molecule has 0 aliphatic rings. The van der Waals surface area contributed by atoms with Crippen molar-refractivity contribution in [3.63, 3.8) is 0 Å². The van der Waals surface area contributed by atoms with Gasteiger partial charge >= 0.3 is 0 Å². The molecule has 0 aliphatic heterocycles. The number of sulfonamides is 1. The summed E-state index contributed by atoms with van der Waals surface area (Å²) >= 11 is 7.26. The highest BCUT2D eigenvalue weighted by Gasteiger charge is 2.09. The van der Waals surface area contributed by atoms with E-state index in [4.69, 9.17) is 17.3 Å². The summed E-state index contributed by atoms with van der Waals surface area (Å²) in [6.07, 6.45) is 2.02. The molecule has 0 bridgehead atoms. The van der Waals surface area contributed by atoms with Gasteiger partial charge in [0.1, 0.15) is 0 Å². The van der Waals surface area contributed by atoms with Crippen molar-refractivity contribution >= 4 is 33.0 Å². The summed E-state index contributed by atoms with van der Waals surface area (Å²) in [7, 11) is -3.15. The zero-order valence-electron chi connectivity index (χ0n) is 9.49. The lowest BCUT2D eigenvalue weighted by Gasteiger charge is -2.05. The largest absolute Gasteiger partial charge is 0.330 e. The first-order valence-electron chi connectivity index (χ1n) is 5.45. The summed E-state index contributed by atoms with van der Waals surface area (Å²) < 4.78 is 26.4. The van der Waals surface area contributed by atoms with Crippen LogP contribution in [0.1, 0.15) is 17.7 Å². The lowest BCUT2D eigenvalue weighted by molar-refractivity contribution is 0.577. The Morgan fingerprint density at radius 3 is 2.71 bits per heavy atom. The van der Waals surface area contributed by atoms with E-state index in [1.165, 1.54) is 11.3 Å². The van der Waals surface area contributed by atoms with Gasteiger partial charge in [0.2, 0.25) is 10.0 Å². The van der Waals surface area contributed by atoms with Crippen LogP contribution in [0.5, 0.6) is 0 Å². The Morgan fingerprint density at radius 1 is 1.35 bits per heavy atom. The van der Waals surface area contributed by atoms with Gasteiger partial charge < -0.3 is 5.73 Å². The van der Waals surface area contributed by atoms with E-state index >= 15 is 0 Å². The smallest absolute Gasteiger partial charge is 0.211 e. The van der Waals surface area contributed by atoms with Crippen LogP contribution >= 0.6 is 22.9 Å². The molecule has 0 saturated heterocycles. The van der Waals surface area contributed by atoms with E-state index in [1.807, 2.05) is 12.1 Å². The number of unbranched alkanes of at least 4 members (excludes halogenated alkanes) is 1. The molecule has 17 heavy (non-hydrogen) atoms. The van der Waals surface area contributed by atoms with Crippen LogP contribution < -0.4 is 10.5 Å². The van der Waals surface area contributed by atoms with E-state index in [0.717, 1.165) is 15.6 Å². The molecule has 1 aromatic heterocycles. The normalized spacial score (nSPS) is 11.9. The monoisotopic (exact) mass is 296 g/mol. The van der Waals surface area contributed by atoms with Crippen molar-refractivity contribution in [3.05, 3.63) is 21.3 Å². The first-order valence-corrected chi connectivity index (χ1v) is 8.30. The Balaban J connectivity index is 2.25. The van der Waals surface area contributed by atoms with Gasteiger partial charge in [-0.05, 0) is 37.9 Å². The number of hydrogen-bond donors (Lipinski definition) is 2. The molecule has 1 rings (SSSR count). The fourth-order valence-electron chi connectivity index (χ4n) is 1.32. The summed E-state index contributed by atoms with van der Waals surface area (Å²) in [5.41, 5.74) is 5.31. The molecule has 0 unspecified atom stereocenters. The van der Waals surface area contributed by atoms with Gasteiger partial charge in [-0.25, -0.2) is 13.1 Å². The Morgan fingerprint density at radius 2 is 2.12 bits per heavy atom. The Bertz CT molecular complexity index is 431. The molecule has 0 amide bonds. The van der Waals surface area contributed by atoms with E-state index < -0.39 is 10.0 Å². The average Bonchev–Trinajstić information content (AvgIpc) is 2.64. The SMILES string of the molecule is NCCCCS(=O)(=O)NCCc1ccc(Cl)s1. The third-order valence-electron chi connectivity index (χ3n) is 2.19. The van der Waals surface area contributed by atoms with Crippen molar-refractivity contribution in [3.8, 4) is 0 Å². The maximum absolute atomic E-state index is 11.5. The van der Waals surface area contributed by atoms with Gasteiger partial charge in [0.15, 0.2) is 0 Å². The van der Waals surface area contributed by atoms with Crippen LogP contribution in [0.3, 0.4) is 0 Å². The molecule has 1 heterocycles. The third kappa shape index (κ3) is 6.38. The quantitative estimate of drug-likeness (QED) is 0.716. The Labute approximate surface area is 111 Å². The molecule has 0 atom stereocenters. The first kappa shape index (κ1) is 14.9. The predicted octanol–water partition coefficient (Wildman–Crippen LogP) is 1.60. The molecular weight excluding hydrogens is 280 g/mol. The molecule has 0 saturated carbocycles. The summed E-state index contributed by atoms with van der Waals surface area (Å²) in [5, 5.41) is 0. The fraction of sp³-hybridized carbons (Fsp3) is 0.600. The molecule has 0 spiro atoms. The van der Waals surface area contributed by atoms with Gasteiger partial charge in [0.05, 0.1) is 10.1 Å². The number of rotatable bonds is 8. The van der Waals surface area contributed by atoms with Crippen LogP contribution in [0.2, 0.25) is 4.34 Å². The highest BCUT2D eigenvalue weighted by molar-refractivity contribution is 7.89. The molecule has 0 aromatic carbocycles. The van der Waals surface area contributed by atoms with Crippen LogP contribution in [0.15, 0.2) is 12.1 Å².